The third kappa shape index (κ3) is 2.48. The lowest BCUT2D eigenvalue weighted by atomic mass is 9.77. The number of H-pyrrole nitrogens is 1. The molecule has 1 aromatic heterocycles. The van der Waals surface area contributed by atoms with Crippen molar-refractivity contribution in [3.05, 3.63) is 28.9 Å². The summed E-state index contributed by atoms with van der Waals surface area (Å²) < 4.78 is 5.41. The number of carbonyl (C=O) groups excluding carboxylic acids is 1. The Morgan fingerprint density at radius 1 is 1.41 bits per heavy atom. The van der Waals surface area contributed by atoms with E-state index in [0.29, 0.717) is 12.5 Å². The van der Waals surface area contributed by atoms with E-state index in [9.17, 15) is 4.79 Å². The topological polar surface area (TPSA) is 67.0 Å². The fourth-order valence-electron chi connectivity index (χ4n) is 3.36. The van der Waals surface area contributed by atoms with Gasteiger partial charge in [0, 0.05) is 34.7 Å². The molecule has 2 aliphatic rings. The van der Waals surface area contributed by atoms with Crippen molar-refractivity contribution >= 4 is 28.4 Å². The predicted molar refractivity (Wildman–Crippen MR) is 84.0 cm³/mol. The molecule has 2 heterocycles. The predicted octanol–water partition coefficient (Wildman–Crippen LogP) is 2.76. The molecule has 5 nitrogen and oxygen atoms in total. The van der Waals surface area contributed by atoms with Crippen LogP contribution >= 0.6 is 11.6 Å². The molecule has 1 aliphatic carbocycles. The fourth-order valence-corrected chi connectivity index (χ4v) is 3.54. The molecular weight excluding hydrogens is 302 g/mol. The number of hydrogen-bond donors (Lipinski definition) is 2. The van der Waals surface area contributed by atoms with Crippen LogP contribution in [-0.2, 0) is 9.53 Å². The van der Waals surface area contributed by atoms with Gasteiger partial charge in [-0.2, -0.15) is 5.10 Å². The minimum absolute atomic E-state index is 0.0402. The Hall–Kier alpha value is -1.59. The second-order valence-electron chi connectivity index (χ2n) is 6.17. The number of nitrogens with zero attached hydrogens (tertiary/aromatic N) is 1. The molecule has 0 radical (unpaired) electrons. The fraction of sp³-hybridized carbons (Fsp3) is 0.500. The molecular formula is C16H18ClN3O2. The van der Waals surface area contributed by atoms with E-state index >= 15 is 0 Å². The van der Waals surface area contributed by atoms with Gasteiger partial charge in [-0.15, -0.1) is 0 Å². The summed E-state index contributed by atoms with van der Waals surface area (Å²) in [7, 11) is 0. The summed E-state index contributed by atoms with van der Waals surface area (Å²) >= 11 is 6.07. The quantitative estimate of drug-likeness (QED) is 0.914. The lowest BCUT2D eigenvalue weighted by molar-refractivity contribution is -0.131. The molecule has 2 aromatic rings. The SMILES string of the molecule is O=C(NC1CC(c2[nH]nc3ccc(Cl)cc23)C1)[C@@H]1CCCO1. The molecule has 1 atom stereocenters. The van der Waals surface area contributed by atoms with Crippen LogP contribution in [0, 0.1) is 0 Å². The van der Waals surface area contributed by atoms with Crippen LogP contribution < -0.4 is 5.32 Å². The van der Waals surface area contributed by atoms with Gasteiger partial charge in [0.05, 0.1) is 5.52 Å². The Labute approximate surface area is 133 Å². The number of ether oxygens (including phenoxy) is 1. The highest BCUT2D eigenvalue weighted by Crippen LogP contribution is 2.39. The Bertz CT molecular complexity index is 702. The largest absolute Gasteiger partial charge is 0.368 e. The van der Waals surface area contributed by atoms with Crippen LogP contribution in [0.3, 0.4) is 0 Å². The van der Waals surface area contributed by atoms with Gasteiger partial charge in [-0.05, 0) is 43.9 Å². The molecule has 22 heavy (non-hydrogen) atoms. The van der Waals surface area contributed by atoms with Crippen molar-refractivity contribution in [1.29, 1.82) is 0 Å². The maximum atomic E-state index is 12.0. The average molecular weight is 320 g/mol. The molecule has 0 spiro atoms. The highest BCUT2D eigenvalue weighted by atomic mass is 35.5. The Kier molecular flexibility index (Phi) is 3.54. The first-order valence-corrected chi connectivity index (χ1v) is 8.14. The molecule has 2 N–H and O–H groups in total. The summed E-state index contributed by atoms with van der Waals surface area (Å²) in [6, 6.07) is 5.96. The molecule has 1 aromatic carbocycles. The molecule has 4 rings (SSSR count). The van der Waals surface area contributed by atoms with Crippen molar-refractivity contribution < 1.29 is 9.53 Å². The smallest absolute Gasteiger partial charge is 0.249 e. The minimum Gasteiger partial charge on any atom is -0.368 e. The normalized spacial score (nSPS) is 27.8. The van der Waals surface area contributed by atoms with E-state index in [1.807, 2.05) is 18.2 Å². The molecule has 1 aliphatic heterocycles. The van der Waals surface area contributed by atoms with Gasteiger partial charge < -0.3 is 10.1 Å². The van der Waals surface area contributed by atoms with Gasteiger partial charge >= 0.3 is 0 Å². The van der Waals surface area contributed by atoms with Crippen molar-refractivity contribution in [2.75, 3.05) is 6.61 Å². The molecule has 2 fully saturated rings. The molecule has 1 saturated heterocycles. The monoisotopic (exact) mass is 319 g/mol. The zero-order valence-electron chi connectivity index (χ0n) is 12.1. The Morgan fingerprint density at radius 2 is 2.27 bits per heavy atom. The van der Waals surface area contributed by atoms with Crippen molar-refractivity contribution in [2.45, 2.75) is 43.7 Å². The Balaban J connectivity index is 1.40. The van der Waals surface area contributed by atoms with Gasteiger partial charge in [0.25, 0.3) is 0 Å². The van der Waals surface area contributed by atoms with E-state index in [0.717, 1.165) is 47.3 Å². The third-order valence-corrected chi connectivity index (χ3v) is 4.90. The minimum atomic E-state index is -0.245. The summed E-state index contributed by atoms with van der Waals surface area (Å²) in [5, 5.41) is 12.3. The van der Waals surface area contributed by atoms with E-state index < -0.39 is 0 Å². The number of aromatic nitrogens is 2. The molecule has 1 saturated carbocycles. The van der Waals surface area contributed by atoms with Crippen molar-refractivity contribution in [3.63, 3.8) is 0 Å². The van der Waals surface area contributed by atoms with Crippen molar-refractivity contribution in [2.24, 2.45) is 0 Å². The zero-order valence-corrected chi connectivity index (χ0v) is 12.9. The lowest BCUT2D eigenvalue weighted by Gasteiger charge is -2.35. The van der Waals surface area contributed by atoms with E-state index in [4.69, 9.17) is 16.3 Å². The Morgan fingerprint density at radius 3 is 3.05 bits per heavy atom. The lowest BCUT2D eigenvalue weighted by Crippen LogP contribution is -2.47. The summed E-state index contributed by atoms with van der Waals surface area (Å²) in [5.41, 5.74) is 2.06. The number of nitrogens with one attached hydrogen (secondary N) is 2. The number of carbonyl (C=O) groups is 1. The first kappa shape index (κ1) is 14.0. The van der Waals surface area contributed by atoms with E-state index in [1.165, 1.54) is 0 Å². The number of fused-ring (bicyclic) bond motifs is 1. The summed E-state index contributed by atoms with van der Waals surface area (Å²) in [5.74, 6) is 0.441. The second-order valence-corrected chi connectivity index (χ2v) is 6.61. The number of hydrogen-bond acceptors (Lipinski definition) is 3. The standard InChI is InChI=1S/C16H18ClN3O2/c17-10-3-4-13-12(8-10)15(20-19-13)9-6-11(7-9)18-16(21)14-2-1-5-22-14/h3-4,8-9,11,14H,1-2,5-7H2,(H,18,21)(H,19,20)/t9?,11?,14-/m0/s1. The molecule has 6 heteroatoms. The van der Waals surface area contributed by atoms with Gasteiger partial charge in [-0.3, -0.25) is 9.89 Å². The maximum Gasteiger partial charge on any atom is 0.249 e. The van der Waals surface area contributed by atoms with Gasteiger partial charge in [0.15, 0.2) is 0 Å². The second kappa shape index (κ2) is 5.56. The number of halogens is 1. The zero-order chi connectivity index (χ0) is 15.1. The van der Waals surface area contributed by atoms with Crippen LogP contribution in [0.5, 0.6) is 0 Å². The van der Waals surface area contributed by atoms with Crippen LogP contribution in [0.1, 0.15) is 37.3 Å². The first-order valence-electron chi connectivity index (χ1n) is 7.76. The summed E-state index contributed by atoms with van der Waals surface area (Å²) in [6.45, 7) is 0.701. The molecule has 1 amide bonds. The van der Waals surface area contributed by atoms with Crippen LogP contribution in [-0.4, -0.2) is 34.9 Å². The van der Waals surface area contributed by atoms with Crippen LogP contribution in [0.2, 0.25) is 5.02 Å². The number of rotatable bonds is 3. The molecule has 0 unspecified atom stereocenters. The third-order valence-electron chi connectivity index (χ3n) is 4.66. The number of amides is 1. The van der Waals surface area contributed by atoms with E-state index in [-0.39, 0.29) is 18.1 Å². The molecule has 0 bridgehead atoms. The summed E-state index contributed by atoms with van der Waals surface area (Å²) in [4.78, 5) is 12.0. The van der Waals surface area contributed by atoms with Crippen molar-refractivity contribution in [3.8, 4) is 0 Å². The van der Waals surface area contributed by atoms with Gasteiger partial charge in [0.2, 0.25) is 5.91 Å². The van der Waals surface area contributed by atoms with Crippen LogP contribution in [0.4, 0.5) is 0 Å². The maximum absolute atomic E-state index is 12.0. The van der Waals surface area contributed by atoms with Gasteiger partial charge in [-0.25, -0.2) is 0 Å². The highest BCUT2D eigenvalue weighted by molar-refractivity contribution is 6.31. The summed E-state index contributed by atoms with van der Waals surface area (Å²) in [6.07, 6.45) is 3.44. The van der Waals surface area contributed by atoms with Gasteiger partial charge in [-0.1, -0.05) is 11.6 Å². The average Bonchev–Trinajstić information content (AvgIpc) is 3.11. The number of aromatic amines is 1. The van der Waals surface area contributed by atoms with Gasteiger partial charge in [0.1, 0.15) is 6.10 Å². The molecule has 116 valence electrons. The van der Waals surface area contributed by atoms with E-state index in [2.05, 4.69) is 15.5 Å². The first-order chi connectivity index (χ1) is 10.7. The van der Waals surface area contributed by atoms with Crippen molar-refractivity contribution in [1.82, 2.24) is 15.5 Å². The highest BCUT2D eigenvalue weighted by Gasteiger charge is 2.35. The van der Waals surface area contributed by atoms with Crippen LogP contribution in [0.25, 0.3) is 10.9 Å². The van der Waals surface area contributed by atoms with Crippen LogP contribution in [0.15, 0.2) is 18.2 Å². The number of benzene rings is 1. The van der Waals surface area contributed by atoms with E-state index in [1.54, 1.807) is 0 Å².